The zero-order valence-electron chi connectivity index (χ0n) is 9.93. The number of aromatic nitrogens is 2. The van der Waals surface area contributed by atoms with Crippen molar-refractivity contribution < 1.29 is 9.53 Å². The number of nitrogens with zero attached hydrogens (tertiary/aromatic N) is 2. The molecule has 2 aromatic rings. The summed E-state index contributed by atoms with van der Waals surface area (Å²) < 4.78 is 5.08. The number of ether oxygens (including phenoxy) is 1. The molecule has 94 valence electrons. The highest BCUT2D eigenvalue weighted by Crippen LogP contribution is 2.31. The van der Waals surface area contributed by atoms with Gasteiger partial charge in [0.25, 0.3) is 0 Å². The van der Waals surface area contributed by atoms with E-state index in [1.807, 2.05) is 6.07 Å². The molecule has 2 rings (SSSR count). The zero-order valence-corrected chi connectivity index (χ0v) is 10.7. The van der Waals surface area contributed by atoms with Crippen molar-refractivity contribution in [1.29, 1.82) is 0 Å². The fourth-order valence-corrected chi connectivity index (χ4v) is 2.19. The van der Waals surface area contributed by atoms with Gasteiger partial charge in [-0.2, -0.15) is 0 Å². The minimum absolute atomic E-state index is 0.174. The number of nitrogen functional groups attached to an aromatic ring is 1. The van der Waals surface area contributed by atoms with E-state index < -0.39 is 0 Å². The van der Waals surface area contributed by atoms with Crippen molar-refractivity contribution >= 4 is 28.1 Å². The fourth-order valence-electron chi connectivity index (χ4n) is 1.41. The van der Waals surface area contributed by atoms with Crippen LogP contribution >= 0.6 is 11.3 Å². The molecule has 0 aliphatic rings. The summed E-state index contributed by atoms with van der Waals surface area (Å²) in [5.41, 5.74) is 7.19. The summed E-state index contributed by atoms with van der Waals surface area (Å²) in [6.07, 6.45) is 0. The topological polar surface area (TPSA) is 90.1 Å². The molecule has 1 aromatic carbocycles. The number of anilines is 2. The lowest BCUT2D eigenvalue weighted by Crippen LogP contribution is -2.04. The van der Waals surface area contributed by atoms with Gasteiger partial charge in [0.2, 0.25) is 11.0 Å². The fraction of sp³-hybridized carbons (Fsp3) is 0.182. The van der Waals surface area contributed by atoms with Crippen molar-refractivity contribution in [3.63, 3.8) is 0 Å². The van der Waals surface area contributed by atoms with Crippen LogP contribution in [0.25, 0.3) is 10.6 Å². The molecule has 1 amide bonds. The molecule has 0 radical (unpaired) electrons. The molecule has 0 aliphatic heterocycles. The third-order valence-corrected chi connectivity index (χ3v) is 3.07. The minimum atomic E-state index is -0.174. The van der Waals surface area contributed by atoms with Crippen molar-refractivity contribution in [3.05, 3.63) is 18.2 Å². The Morgan fingerprint density at radius 2 is 2.22 bits per heavy atom. The lowest BCUT2D eigenvalue weighted by atomic mass is 10.2. The minimum Gasteiger partial charge on any atom is -0.495 e. The summed E-state index contributed by atoms with van der Waals surface area (Å²) >= 11 is 1.29. The first-order chi connectivity index (χ1) is 8.60. The maximum Gasteiger partial charge on any atom is 0.223 e. The maximum atomic E-state index is 10.9. The van der Waals surface area contributed by atoms with E-state index in [2.05, 4.69) is 15.5 Å². The third-order valence-electron chi connectivity index (χ3n) is 2.18. The number of amides is 1. The van der Waals surface area contributed by atoms with Gasteiger partial charge in [0.1, 0.15) is 10.8 Å². The Kier molecular flexibility index (Phi) is 3.42. The van der Waals surface area contributed by atoms with Crippen LogP contribution < -0.4 is 15.8 Å². The van der Waals surface area contributed by atoms with E-state index >= 15 is 0 Å². The Labute approximate surface area is 108 Å². The molecule has 0 fully saturated rings. The van der Waals surface area contributed by atoms with Crippen LogP contribution in [0.15, 0.2) is 18.2 Å². The van der Waals surface area contributed by atoms with Crippen LogP contribution in [-0.4, -0.2) is 23.2 Å². The van der Waals surface area contributed by atoms with Crippen molar-refractivity contribution in [3.8, 4) is 16.3 Å². The smallest absolute Gasteiger partial charge is 0.223 e. The quantitative estimate of drug-likeness (QED) is 0.824. The van der Waals surface area contributed by atoms with E-state index in [0.717, 1.165) is 5.56 Å². The first kappa shape index (κ1) is 12.3. The molecule has 1 aromatic heterocycles. The average Bonchev–Trinajstić information content (AvgIpc) is 2.76. The molecule has 18 heavy (non-hydrogen) atoms. The summed E-state index contributed by atoms with van der Waals surface area (Å²) in [6.45, 7) is 1.42. The highest BCUT2D eigenvalue weighted by atomic mass is 32.1. The molecule has 0 spiro atoms. The van der Waals surface area contributed by atoms with Crippen LogP contribution in [-0.2, 0) is 4.79 Å². The molecular formula is C11H12N4O2S. The van der Waals surface area contributed by atoms with Gasteiger partial charge < -0.3 is 15.8 Å². The van der Waals surface area contributed by atoms with Gasteiger partial charge in [0.05, 0.1) is 12.8 Å². The SMILES string of the molecule is COc1ccc(-c2nnc(NC(C)=O)s2)cc1N. The highest BCUT2D eigenvalue weighted by molar-refractivity contribution is 7.18. The number of carbonyl (C=O) groups excluding carboxylic acids is 1. The Balaban J connectivity index is 2.28. The van der Waals surface area contributed by atoms with Crippen LogP contribution in [0.5, 0.6) is 5.75 Å². The second-order valence-electron chi connectivity index (χ2n) is 3.55. The molecule has 0 aliphatic carbocycles. The van der Waals surface area contributed by atoms with Gasteiger partial charge in [-0.05, 0) is 18.2 Å². The number of nitrogens with two attached hydrogens (primary N) is 1. The second kappa shape index (κ2) is 5.01. The number of benzene rings is 1. The van der Waals surface area contributed by atoms with Crippen molar-refractivity contribution in [2.45, 2.75) is 6.92 Å². The highest BCUT2D eigenvalue weighted by Gasteiger charge is 2.09. The number of rotatable bonds is 3. The van der Waals surface area contributed by atoms with E-state index in [1.165, 1.54) is 18.3 Å². The molecule has 7 heteroatoms. The summed E-state index contributed by atoms with van der Waals surface area (Å²) in [5.74, 6) is 0.442. The molecule has 1 heterocycles. The predicted octanol–water partition coefficient (Wildman–Crippen LogP) is 1.75. The van der Waals surface area contributed by atoms with Gasteiger partial charge in [-0.3, -0.25) is 4.79 Å². The molecule has 0 bridgehead atoms. The lowest BCUT2D eigenvalue weighted by Gasteiger charge is -2.04. The van der Waals surface area contributed by atoms with Crippen LogP contribution in [0.2, 0.25) is 0 Å². The summed E-state index contributed by atoms with van der Waals surface area (Å²) in [5, 5.41) is 11.6. The lowest BCUT2D eigenvalue weighted by molar-refractivity contribution is -0.114. The van der Waals surface area contributed by atoms with Gasteiger partial charge >= 0.3 is 0 Å². The Morgan fingerprint density at radius 1 is 1.44 bits per heavy atom. The number of nitrogens with one attached hydrogen (secondary N) is 1. The Hall–Kier alpha value is -2.15. The number of carbonyl (C=O) groups is 1. The number of hydrogen-bond donors (Lipinski definition) is 2. The Morgan fingerprint density at radius 3 is 2.83 bits per heavy atom. The zero-order chi connectivity index (χ0) is 13.1. The predicted molar refractivity (Wildman–Crippen MR) is 70.6 cm³/mol. The van der Waals surface area contributed by atoms with E-state index in [9.17, 15) is 4.79 Å². The first-order valence-corrected chi connectivity index (χ1v) is 5.97. The van der Waals surface area contributed by atoms with E-state index in [1.54, 1.807) is 19.2 Å². The third kappa shape index (κ3) is 2.57. The molecule has 6 nitrogen and oxygen atoms in total. The van der Waals surface area contributed by atoms with Crippen LogP contribution in [0, 0.1) is 0 Å². The van der Waals surface area contributed by atoms with E-state index in [0.29, 0.717) is 21.6 Å². The maximum absolute atomic E-state index is 10.9. The van der Waals surface area contributed by atoms with Crippen LogP contribution in [0.4, 0.5) is 10.8 Å². The monoisotopic (exact) mass is 264 g/mol. The normalized spacial score (nSPS) is 10.1. The standard InChI is InChI=1S/C11H12N4O2S/c1-6(16)13-11-15-14-10(18-11)7-3-4-9(17-2)8(12)5-7/h3-5H,12H2,1-2H3,(H,13,15,16). The number of methoxy groups -OCH3 is 1. The van der Waals surface area contributed by atoms with Gasteiger partial charge in [-0.15, -0.1) is 10.2 Å². The van der Waals surface area contributed by atoms with Gasteiger partial charge in [0, 0.05) is 12.5 Å². The van der Waals surface area contributed by atoms with Crippen molar-refractivity contribution in [2.75, 3.05) is 18.2 Å². The van der Waals surface area contributed by atoms with Gasteiger partial charge in [-0.1, -0.05) is 11.3 Å². The summed E-state index contributed by atoms with van der Waals surface area (Å²) in [6, 6.07) is 5.37. The van der Waals surface area contributed by atoms with Crippen LogP contribution in [0.3, 0.4) is 0 Å². The summed E-state index contributed by atoms with van der Waals surface area (Å²) in [7, 11) is 1.56. The van der Waals surface area contributed by atoms with E-state index in [-0.39, 0.29) is 5.91 Å². The van der Waals surface area contributed by atoms with Crippen LogP contribution in [0.1, 0.15) is 6.92 Å². The molecule has 0 saturated heterocycles. The van der Waals surface area contributed by atoms with Crippen molar-refractivity contribution in [1.82, 2.24) is 10.2 Å². The summed E-state index contributed by atoms with van der Waals surface area (Å²) in [4.78, 5) is 10.9. The van der Waals surface area contributed by atoms with E-state index in [4.69, 9.17) is 10.5 Å². The largest absolute Gasteiger partial charge is 0.495 e. The molecule has 0 atom stereocenters. The van der Waals surface area contributed by atoms with Gasteiger partial charge in [-0.25, -0.2) is 0 Å². The molecular weight excluding hydrogens is 252 g/mol. The van der Waals surface area contributed by atoms with Crippen molar-refractivity contribution in [2.24, 2.45) is 0 Å². The second-order valence-corrected chi connectivity index (χ2v) is 4.53. The molecule has 0 saturated carbocycles. The number of hydrogen-bond acceptors (Lipinski definition) is 6. The average molecular weight is 264 g/mol. The molecule has 0 unspecified atom stereocenters. The Bertz CT molecular complexity index is 582. The first-order valence-electron chi connectivity index (χ1n) is 5.15. The van der Waals surface area contributed by atoms with Gasteiger partial charge in [0.15, 0.2) is 0 Å². The molecule has 3 N–H and O–H groups in total.